The number of benzene rings is 11. The maximum Gasteiger partial charge on any atom is 0.0755 e. The van der Waals surface area contributed by atoms with Crippen LogP contribution in [0.1, 0.15) is 44.5 Å². The number of fused-ring (bicyclic) bond motifs is 18. The van der Waals surface area contributed by atoms with Crippen LogP contribution in [0.5, 0.6) is 0 Å². The molecule has 0 aromatic heterocycles. The van der Waals surface area contributed by atoms with Gasteiger partial charge in [-0.3, -0.25) is 0 Å². The average Bonchev–Trinajstić information content (AvgIpc) is 3.94. The molecule has 0 saturated heterocycles. The molecule has 0 bridgehead atoms. The SMILES string of the molecule is CN1c2ccc(N(c3ccccc3)c3ccccc3)cc2C2(c3ccccc3-c3ccccc32)c2cc3c(cc21)C1(c2ccccc2-c2ccccc21)c1cc(N(c2ccccc2)c2ccccc2)ccc1N3C. The van der Waals surface area contributed by atoms with Crippen molar-refractivity contribution in [3.8, 4) is 22.3 Å². The van der Waals surface area contributed by atoms with Crippen LogP contribution in [0.2, 0.25) is 0 Å². The molecule has 11 aromatic rings. The fourth-order valence-corrected chi connectivity index (χ4v) is 13.6. The number of rotatable bonds is 6. The third-order valence-corrected chi connectivity index (χ3v) is 16.6. The molecule has 4 aliphatic rings. The van der Waals surface area contributed by atoms with Crippen LogP contribution >= 0.6 is 0 Å². The van der Waals surface area contributed by atoms with E-state index in [1.54, 1.807) is 0 Å². The van der Waals surface area contributed by atoms with Crippen LogP contribution in [-0.2, 0) is 10.8 Å². The van der Waals surface area contributed by atoms with Gasteiger partial charge in [0.2, 0.25) is 0 Å². The Bertz CT molecular complexity index is 3580. The monoisotopic (exact) mass is 946 g/mol. The quantitative estimate of drug-likeness (QED) is 0.165. The molecule has 0 amide bonds. The summed E-state index contributed by atoms with van der Waals surface area (Å²) in [4.78, 5) is 9.77. The Kier molecular flexibility index (Phi) is 9.19. The second-order valence-electron chi connectivity index (χ2n) is 20.1. The zero-order chi connectivity index (χ0) is 49.1. The van der Waals surface area contributed by atoms with Crippen LogP contribution < -0.4 is 19.6 Å². The number of hydrogen-bond acceptors (Lipinski definition) is 4. The molecular formula is C70H50N4. The summed E-state index contributed by atoms with van der Waals surface area (Å²) in [5, 5.41) is 0. The van der Waals surface area contributed by atoms with E-state index < -0.39 is 10.8 Å². The first-order valence-corrected chi connectivity index (χ1v) is 25.7. The van der Waals surface area contributed by atoms with Gasteiger partial charge in [0.25, 0.3) is 0 Å². The van der Waals surface area contributed by atoms with Gasteiger partial charge in [0.15, 0.2) is 0 Å². The molecule has 15 rings (SSSR count). The van der Waals surface area contributed by atoms with E-state index in [0.29, 0.717) is 0 Å². The summed E-state index contributed by atoms with van der Waals surface area (Å²) < 4.78 is 0. The molecule has 2 aliphatic carbocycles. The Morgan fingerprint density at radius 2 is 0.486 bits per heavy atom. The first kappa shape index (κ1) is 42.3. The predicted molar refractivity (Wildman–Crippen MR) is 307 cm³/mol. The zero-order valence-corrected chi connectivity index (χ0v) is 41.2. The highest BCUT2D eigenvalue weighted by Gasteiger charge is 2.56. The lowest BCUT2D eigenvalue weighted by Gasteiger charge is -2.48. The third-order valence-electron chi connectivity index (χ3n) is 16.6. The van der Waals surface area contributed by atoms with Gasteiger partial charge in [0.1, 0.15) is 0 Å². The number of nitrogens with zero attached hydrogens (tertiary/aromatic N) is 4. The zero-order valence-electron chi connectivity index (χ0n) is 41.2. The summed E-state index contributed by atoms with van der Waals surface area (Å²) in [6, 6.07) is 99.4. The van der Waals surface area contributed by atoms with Gasteiger partial charge in [-0.15, -0.1) is 0 Å². The van der Waals surface area contributed by atoms with Gasteiger partial charge in [-0.25, -0.2) is 0 Å². The second kappa shape index (κ2) is 16.1. The van der Waals surface area contributed by atoms with E-state index in [9.17, 15) is 0 Å². The average molecular weight is 947 g/mol. The van der Waals surface area contributed by atoms with E-state index >= 15 is 0 Å². The van der Waals surface area contributed by atoms with E-state index in [-0.39, 0.29) is 0 Å². The van der Waals surface area contributed by atoms with Crippen molar-refractivity contribution in [2.24, 2.45) is 0 Å². The molecule has 4 heteroatoms. The van der Waals surface area contributed by atoms with Crippen molar-refractivity contribution in [1.82, 2.24) is 0 Å². The molecule has 2 spiro atoms. The van der Waals surface area contributed by atoms with Crippen molar-refractivity contribution in [2.75, 3.05) is 33.7 Å². The van der Waals surface area contributed by atoms with Crippen LogP contribution in [0.4, 0.5) is 56.9 Å². The van der Waals surface area contributed by atoms with E-state index in [1.165, 1.54) is 89.5 Å². The molecule has 2 aliphatic heterocycles. The number of hydrogen-bond donors (Lipinski definition) is 0. The largest absolute Gasteiger partial charge is 0.344 e. The summed E-state index contributed by atoms with van der Waals surface area (Å²) in [5.74, 6) is 0. The Morgan fingerprint density at radius 1 is 0.230 bits per heavy atom. The topological polar surface area (TPSA) is 13.0 Å². The fourth-order valence-electron chi connectivity index (χ4n) is 13.6. The molecule has 4 nitrogen and oxygen atoms in total. The van der Waals surface area contributed by atoms with Crippen molar-refractivity contribution >= 4 is 56.9 Å². The lowest BCUT2D eigenvalue weighted by molar-refractivity contribution is 0.725. The molecule has 350 valence electrons. The van der Waals surface area contributed by atoms with Crippen LogP contribution in [-0.4, -0.2) is 14.1 Å². The normalized spacial score (nSPS) is 14.2. The number of para-hydroxylation sites is 4. The standard InChI is InChI=1S/C70H50N4/c1-71-65-41-39-51(73(47-23-7-3-8-24-47)48-25-9-4-10-26-48)43-61(65)69(57-35-19-15-31-53(57)54-32-16-20-36-58(54)69)63-46-68-64(45-67(63)71)70(59-37-21-17-33-55(59)56-34-18-22-38-60(56)70)62-44-52(40-42-66(62)72(68)2)74(49-27-11-5-12-28-49)50-29-13-6-14-30-50/h3-46H,1-2H3. The minimum Gasteiger partial charge on any atom is -0.344 e. The molecule has 0 saturated carbocycles. The lowest BCUT2D eigenvalue weighted by atomic mass is 9.61. The highest BCUT2D eigenvalue weighted by atomic mass is 15.2. The fraction of sp³-hybridized carbons (Fsp3) is 0.0571. The van der Waals surface area contributed by atoms with E-state index in [0.717, 1.165) is 34.1 Å². The molecule has 0 unspecified atom stereocenters. The van der Waals surface area contributed by atoms with Gasteiger partial charge in [-0.2, -0.15) is 0 Å². The van der Waals surface area contributed by atoms with Gasteiger partial charge < -0.3 is 19.6 Å². The van der Waals surface area contributed by atoms with Crippen molar-refractivity contribution in [1.29, 1.82) is 0 Å². The van der Waals surface area contributed by atoms with Crippen molar-refractivity contribution in [3.05, 3.63) is 311 Å². The van der Waals surface area contributed by atoms with Crippen LogP contribution in [0.15, 0.2) is 267 Å². The summed E-state index contributed by atoms with van der Waals surface area (Å²) in [6.07, 6.45) is 0. The van der Waals surface area contributed by atoms with Crippen LogP contribution in [0, 0.1) is 0 Å². The maximum absolute atomic E-state index is 2.59. The van der Waals surface area contributed by atoms with Gasteiger partial charge in [-0.05, 0) is 164 Å². The lowest BCUT2D eigenvalue weighted by Crippen LogP contribution is -2.40. The molecule has 2 heterocycles. The molecule has 0 atom stereocenters. The van der Waals surface area contributed by atoms with E-state index in [1.807, 2.05) is 0 Å². The Balaban J connectivity index is 1.04. The van der Waals surface area contributed by atoms with Crippen molar-refractivity contribution in [2.45, 2.75) is 10.8 Å². The molecule has 0 N–H and O–H groups in total. The Labute approximate surface area is 432 Å². The second-order valence-corrected chi connectivity index (χ2v) is 20.1. The smallest absolute Gasteiger partial charge is 0.0755 e. The Morgan fingerprint density at radius 3 is 0.784 bits per heavy atom. The van der Waals surface area contributed by atoms with Gasteiger partial charge in [0, 0.05) is 71.0 Å². The minimum absolute atomic E-state index is 0.663. The van der Waals surface area contributed by atoms with Gasteiger partial charge >= 0.3 is 0 Å². The summed E-state index contributed by atoms with van der Waals surface area (Å²) in [5.41, 5.74) is 25.5. The Hall–Kier alpha value is -9.38. The first-order valence-electron chi connectivity index (χ1n) is 25.7. The highest BCUT2D eigenvalue weighted by molar-refractivity contribution is 6.00. The van der Waals surface area contributed by atoms with Gasteiger partial charge in [0.05, 0.1) is 10.8 Å². The van der Waals surface area contributed by atoms with Crippen molar-refractivity contribution in [3.63, 3.8) is 0 Å². The van der Waals surface area contributed by atoms with Crippen molar-refractivity contribution < 1.29 is 0 Å². The van der Waals surface area contributed by atoms with Gasteiger partial charge in [-0.1, -0.05) is 170 Å². The maximum atomic E-state index is 2.59. The molecular weight excluding hydrogens is 897 g/mol. The molecule has 74 heavy (non-hydrogen) atoms. The highest BCUT2D eigenvalue weighted by Crippen LogP contribution is 2.68. The molecule has 11 aromatic carbocycles. The number of anilines is 10. The van der Waals surface area contributed by atoms with Crippen LogP contribution in [0.25, 0.3) is 22.3 Å². The van der Waals surface area contributed by atoms with E-state index in [4.69, 9.17) is 0 Å². The minimum atomic E-state index is -0.663. The molecule has 0 radical (unpaired) electrons. The first-order chi connectivity index (χ1) is 36.6. The predicted octanol–water partition coefficient (Wildman–Crippen LogP) is 17.5. The van der Waals surface area contributed by atoms with Crippen LogP contribution in [0.3, 0.4) is 0 Å². The van der Waals surface area contributed by atoms with E-state index in [2.05, 4.69) is 301 Å². The summed E-state index contributed by atoms with van der Waals surface area (Å²) in [7, 11) is 4.57. The molecule has 0 fully saturated rings. The summed E-state index contributed by atoms with van der Waals surface area (Å²) >= 11 is 0. The third kappa shape index (κ3) is 5.68. The summed E-state index contributed by atoms with van der Waals surface area (Å²) in [6.45, 7) is 0.